The van der Waals surface area contributed by atoms with Gasteiger partial charge in [0, 0.05) is 0 Å². The molecule has 4 aromatic rings. The molecule has 2 aromatic heterocycles. The highest BCUT2D eigenvalue weighted by Gasteiger charge is 2.51. The second-order valence-corrected chi connectivity index (χ2v) is 9.48. The first-order valence-electron chi connectivity index (χ1n) is 10.6. The first-order valence-corrected chi connectivity index (χ1v) is 11.4. The number of imide groups is 1. The SMILES string of the molecule is CC1(Cc2nnc(Cc3nc4ccc(-c5ccccc5)cc4s3)o2)NC(=O)N(CC(F)(F)F)C1=O. The molecule has 1 fully saturated rings. The highest BCUT2D eigenvalue weighted by atomic mass is 32.1. The standard InChI is InChI=1S/C23H18F3N5O3S/c1-22(20(32)31(21(33)28-22)12-23(24,25)26)11-18-30-29-17(34-18)10-19-27-15-8-7-14(9-16(15)35-19)13-5-3-2-4-6-13/h2-9H,10-12H2,1H3,(H,28,33). The van der Waals surface area contributed by atoms with Crippen LogP contribution in [0.1, 0.15) is 23.7 Å². The van der Waals surface area contributed by atoms with Crippen molar-refractivity contribution in [2.24, 2.45) is 0 Å². The maximum absolute atomic E-state index is 12.7. The first kappa shape index (κ1) is 23.0. The maximum Gasteiger partial charge on any atom is 0.406 e. The number of aromatic nitrogens is 3. The van der Waals surface area contributed by atoms with E-state index in [0.29, 0.717) is 0 Å². The fraction of sp³-hybridized carbons (Fsp3) is 0.261. The van der Waals surface area contributed by atoms with E-state index in [1.54, 1.807) is 0 Å². The summed E-state index contributed by atoms with van der Waals surface area (Å²) < 4.78 is 44.7. The van der Waals surface area contributed by atoms with Gasteiger partial charge in [-0.2, -0.15) is 13.2 Å². The summed E-state index contributed by atoms with van der Waals surface area (Å²) in [4.78, 5) is 29.2. The molecule has 180 valence electrons. The highest BCUT2D eigenvalue weighted by molar-refractivity contribution is 7.18. The summed E-state index contributed by atoms with van der Waals surface area (Å²) in [6.45, 7) is -0.336. The number of carbonyl (C=O) groups excluding carboxylic acids is 2. The van der Waals surface area contributed by atoms with Crippen molar-refractivity contribution in [2.45, 2.75) is 31.5 Å². The average Bonchev–Trinajstić information content (AvgIpc) is 3.46. The van der Waals surface area contributed by atoms with Gasteiger partial charge in [0.25, 0.3) is 5.91 Å². The van der Waals surface area contributed by atoms with Gasteiger partial charge in [0.15, 0.2) is 0 Å². The van der Waals surface area contributed by atoms with Crippen LogP contribution in [0.15, 0.2) is 52.9 Å². The van der Waals surface area contributed by atoms with E-state index in [1.807, 2.05) is 42.5 Å². The van der Waals surface area contributed by atoms with Gasteiger partial charge in [0.1, 0.15) is 17.1 Å². The molecule has 0 aliphatic carbocycles. The lowest BCUT2D eigenvalue weighted by Gasteiger charge is -2.20. The Bertz CT molecular complexity index is 1420. The summed E-state index contributed by atoms with van der Waals surface area (Å²) in [6, 6.07) is 14.9. The molecule has 1 aliphatic rings. The summed E-state index contributed by atoms with van der Waals surface area (Å²) in [6.07, 6.45) is -4.68. The second-order valence-electron chi connectivity index (χ2n) is 8.37. The predicted molar refractivity (Wildman–Crippen MR) is 121 cm³/mol. The van der Waals surface area contributed by atoms with Gasteiger partial charge in [-0.15, -0.1) is 21.5 Å². The van der Waals surface area contributed by atoms with Crippen molar-refractivity contribution < 1.29 is 27.2 Å². The molecular weight excluding hydrogens is 483 g/mol. The van der Waals surface area contributed by atoms with Crippen LogP contribution < -0.4 is 5.32 Å². The molecule has 0 bridgehead atoms. The lowest BCUT2D eigenvalue weighted by molar-refractivity contribution is -0.154. The summed E-state index contributed by atoms with van der Waals surface area (Å²) in [5, 5.41) is 10.9. The van der Waals surface area contributed by atoms with Gasteiger partial charge < -0.3 is 9.73 Å². The number of thiazole rings is 1. The molecule has 1 saturated heterocycles. The van der Waals surface area contributed by atoms with E-state index in [-0.39, 0.29) is 29.5 Å². The maximum atomic E-state index is 12.7. The molecule has 2 aromatic carbocycles. The normalized spacial score (nSPS) is 18.5. The Morgan fingerprint density at radius 2 is 1.80 bits per heavy atom. The Morgan fingerprint density at radius 1 is 1.06 bits per heavy atom. The van der Waals surface area contributed by atoms with Gasteiger partial charge in [0.2, 0.25) is 11.8 Å². The Morgan fingerprint density at radius 3 is 2.54 bits per heavy atom. The van der Waals surface area contributed by atoms with Crippen LogP contribution in [0.3, 0.4) is 0 Å². The molecule has 1 unspecified atom stereocenters. The van der Waals surface area contributed by atoms with Crippen LogP contribution in [0.2, 0.25) is 0 Å². The van der Waals surface area contributed by atoms with Crippen molar-refractivity contribution in [3.8, 4) is 11.1 Å². The molecule has 3 amide bonds. The molecular formula is C23H18F3N5O3S. The minimum atomic E-state index is -4.70. The van der Waals surface area contributed by atoms with E-state index in [9.17, 15) is 22.8 Å². The van der Waals surface area contributed by atoms with Crippen LogP contribution in [-0.4, -0.2) is 50.3 Å². The van der Waals surface area contributed by atoms with Gasteiger partial charge in [-0.1, -0.05) is 36.4 Å². The Kier molecular flexibility index (Phi) is 5.55. The average molecular weight is 501 g/mol. The van der Waals surface area contributed by atoms with E-state index < -0.39 is 30.2 Å². The molecule has 8 nitrogen and oxygen atoms in total. The van der Waals surface area contributed by atoms with Crippen LogP contribution in [-0.2, 0) is 17.6 Å². The van der Waals surface area contributed by atoms with Crippen molar-refractivity contribution in [1.82, 2.24) is 25.4 Å². The predicted octanol–water partition coefficient (Wildman–Crippen LogP) is 4.35. The molecule has 3 heterocycles. The number of hydrogen-bond donors (Lipinski definition) is 1. The summed E-state index contributed by atoms with van der Waals surface area (Å²) >= 11 is 1.49. The Balaban J connectivity index is 1.29. The fourth-order valence-corrected chi connectivity index (χ4v) is 4.91. The largest absolute Gasteiger partial charge is 0.425 e. The number of amides is 3. The summed E-state index contributed by atoms with van der Waals surface area (Å²) in [7, 11) is 0. The molecule has 0 saturated carbocycles. The van der Waals surface area contributed by atoms with Gasteiger partial charge in [-0.25, -0.2) is 9.78 Å². The molecule has 1 N–H and O–H groups in total. The van der Waals surface area contributed by atoms with E-state index in [2.05, 4.69) is 26.6 Å². The summed E-state index contributed by atoms with van der Waals surface area (Å²) in [5.74, 6) is -0.729. The van der Waals surface area contributed by atoms with Crippen LogP contribution in [0, 0.1) is 0 Å². The number of benzene rings is 2. The first-order chi connectivity index (χ1) is 16.6. The Hall–Kier alpha value is -3.80. The third-order valence-electron chi connectivity index (χ3n) is 5.54. The fourth-order valence-electron chi connectivity index (χ4n) is 3.91. The third kappa shape index (κ3) is 4.74. The minimum Gasteiger partial charge on any atom is -0.425 e. The zero-order valence-corrected chi connectivity index (χ0v) is 19.1. The van der Waals surface area contributed by atoms with Gasteiger partial charge >= 0.3 is 12.2 Å². The zero-order chi connectivity index (χ0) is 24.8. The monoisotopic (exact) mass is 501 g/mol. The third-order valence-corrected chi connectivity index (χ3v) is 6.56. The van der Waals surface area contributed by atoms with Crippen LogP contribution in [0.5, 0.6) is 0 Å². The molecule has 35 heavy (non-hydrogen) atoms. The molecule has 0 spiro atoms. The van der Waals surface area contributed by atoms with Gasteiger partial charge in [-0.05, 0) is 30.2 Å². The van der Waals surface area contributed by atoms with Crippen LogP contribution in [0.25, 0.3) is 21.3 Å². The van der Waals surface area contributed by atoms with Crippen molar-refractivity contribution in [3.63, 3.8) is 0 Å². The van der Waals surface area contributed by atoms with E-state index in [4.69, 9.17) is 4.42 Å². The lowest BCUT2D eigenvalue weighted by Crippen LogP contribution is -2.46. The molecule has 1 atom stereocenters. The van der Waals surface area contributed by atoms with E-state index in [1.165, 1.54) is 18.3 Å². The minimum absolute atomic E-state index is 0.0254. The van der Waals surface area contributed by atoms with E-state index >= 15 is 0 Å². The van der Waals surface area contributed by atoms with Crippen molar-refractivity contribution in [2.75, 3.05) is 6.54 Å². The van der Waals surface area contributed by atoms with Crippen LogP contribution >= 0.6 is 11.3 Å². The van der Waals surface area contributed by atoms with Crippen molar-refractivity contribution in [1.29, 1.82) is 0 Å². The number of urea groups is 1. The zero-order valence-electron chi connectivity index (χ0n) is 18.3. The number of halogens is 3. The number of rotatable bonds is 6. The highest BCUT2D eigenvalue weighted by Crippen LogP contribution is 2.30. The smallest absolute Gasteiger partial charge is 0.406 e. The second kappa shape index (κ2) is 8.45. The van der Waals surface area contributed by atoms with Crippen molar-refractivity contribution >= 4 is 33.5 Å². The number of alkyl halides is 3. The number of fused-ring (bicyclic) bond motifs is 1. The molecule has 1 aliphatic heterocycles. The number of carbonyl (C=O) groups is 2. The lowest BCUT2D eigenvalue weighted by atomic mass is 9.98. The quantitative estimate of drug-likeness (QED) is 0.394. The molecule has 12 heteroatoms. The van der Waals surface area contributed by atoms with Gasteiger partial charge in [0.05, 0.1) is 23.1 Å². The molecule has 5 rings (SSSR count). The number of nitrogens with zero attached hydrogens (tertiary/aromatic N) is 4. The summed E-state index contributed by atoms with van der Waals surface area (Å²) in [5.41, 5.74) is 1.39. The van der Waals surface area contributed by atoms with E-state index in [0.717, 1.165) is 26.4 Å². The topological polar surface area (TPSA) is 101 Å². The molecule has 0 radical (unpaired) electrons. The number of hydrogen-bond acceptors (Lipinski definition) is 7. The number of nitrogens with one attached hydrogen (secondary N) is 1. The van der Waals surface area contributed by atoms with Gasteiger partial charge in [-0.3, -0.25) is 9.69 Å². The Labute approximate surface area is 200 Å². The van der Waals surface area contributed by atoms with Crippen molar-refractivity contribution in [3.05, 3.63) is 65.3 Å². The van der Waals surface area contributed by atoms with Crippen LogP contribution in [0.4, 0.5) is 18.0 Å².